The van der Waals surface area contributed by atoms with Gasteiger partial charge in [-0.25, -0.2) is 0 Å². The molecule has 6 nitrogen and oxygen atoms in total. The van der Waals surface area contributed by atoms with Gasteiger partial charge in [-0.3, -0.25) is 14.9 Å². The molecule has 160 valence electrons. The monoisotopic (exact) mass is 445 g/mol. The van der Waals surface area contributed by atoms with E-state index in [-0.39, 0.29) is 23.0 Å². The van der Waals surface area contributed by atoms with E-state index in [1.54, 1.807) is 0 Å². The van der Waals surface area contributed by atoms with E-state index < -0.39 is 5.91 Å². The van der Waals surface area contributed by atoms with Crippen molar-refractivity contribution in [2.75, 3.05) is 11.9 Å². The highest BCUT2D eigenvalue weighted by Crippen LogP contribution is 2.37. The summed E-state index contributed by atoms with van der Waals surface area (Å²) >= 11 is 6.72. The van der Waals surface area contributed by atoms with Crippen LogP contribution in [0.4, 0.5) is 5.00 Å². The van der Waals surface area contributed by atoms with Gasteiger partial charge in [0, 0.05) is 4.88 Å². The molecule has 0 bridgehead atoms. The predicted molar refractivity (Wildman–Crippen MR) is 124 cm³/mol. The molecule has 30 heavy (non-hydrogen) atoms. The molecule has 0 saturated heterocycles. The van der Waals surface area contributed by atoms with Crippen molar-refractivity contribution in [2.24, 2.45) is 5.73 Å². The molecule has 0 radical (unpaired) electrons. The molecule has 0 saturated carbocycles. The second-order valence-electron chi connectivity index (χ2n) is 8.34. The number of thiophene rings is 1. The number of ether oxygens (including phenoxy) is 1. The third kappa shape index (κ3) is 5.37. The van der Waals surface area contributed by atoms with Gasteiger partial charge in [-0.1, -0.05) is 32.9 Å². The molecule has 1 aromatic carbocycles. The second kappa shape index (κ2) is 9.14. The number of aryl methyl sites for hydroxylation is 1. The lowest BCUT2D eigenvalue weighted by atomic mass is 9.87. The molecule has 0 aliphatic heterocycles. The van der Waals surface area contributed by atoms with Crippen LogP contribution >= 0.6 is 23.6 Å². The second-order valence-corrected chi connectivity index (χ2v) is 9.86. The Kier molecular flexibility index (Phi) is 6.77. The number of hydrogen-bond donors (Lipinski definition) is 3. The molecule has 2 aromatic rings. The number of thiocarbonyl (C=S) groups is 1. The Morgan fingerprint density at radius 2 is 1.83 bits per heavy atom. The van der Waals surface area contributed by atoms with Gasteiger partial charge in [0.15, 0.2) is 11.7 Å². The first kappa shape index (κ1) is 22.2. The van der Waals surface area contributed by atoms with E-state index in [4.69, 9.17) is 22.7 Å². The minimum absolute atomic E-state index is 0.0541. The zero-order valence-electron chi connectivity index (χ0n) is 17.5. The number of hydrogen-bond acceptors (Lipinski definition) is 5. The Morgan fingerprint density at radius 1 is 1.17 bits per heavy atom. The molecule has 1 aliphatic carbocycles. The third-order valence-corrected chi connectivity index (χ3v) is 6.40. The Morgan fingerprint density at radius 3 is 2.47 bits per heavy atom. The quantitative estimate of drug-likeness (QED) is 0.607. The molecular formula is C22H27N3O3S2. The molecule has 0 fully saturated rings. The number of amides is 2. The fourth-order valence-corrected chi connectivity index (χ4v) is 4.99. The fraction of sp³-hybridized carbons (Fsp3) is 0.409. The van der Waals surface area contributed by atoms with E-state index in [0.717, 1.165) is 36.1 Å². The van der Waals surface area contributed by atoms with E-state index in [1.165, 1.54) is 16.9 Å². The van der Waals surface area contributed by atoms with Gasteiger partial charge in [-0.2, -0.15) is 0 Å². The van der Waals surface area contributed by atoms with Gasteiger partial charge in [0.1, 0.15) is 10.8 Å². The largest absolute Gasteiger partial charge is 0.484 e. The Balaban J connectivity index is 1.56. The predicted octanol–water partition coefficient (Wildman–Crippen LogP) is 3.92. The number of fused-ring (bicyclic) bond motifs is 1. The van der Waals surface area contributed by atoms with Crippen LogP contribution in [0.3, 0.4) is 0 Å². The van der Waals surface area contributed by atoms with E-state index >= 15 is 0 Å². The lowest BCUT2D eigenvalue weighted by molar-refractivity contribution is -0.121. The number of benzene rings is 1. The van der Waals surface area contributed by atoms with Crippen LogP contribution < -0.4 is 21.1 Å². The van der Waals surface area contributed by atoms with Crippen LogP contribution in [0.2, 0.25) is 0 Å². The van der Waals surface area contributed by atoms with Crippen molar-refractivity contribution in [1.29, 1.82) is 0 Å². The van der Waals surface area contributed by atoms with Crippen molar-refractivity contribution in [2.45, 2.75) is 51.9 Å². The number of carbonyl (C=O) groups excluding carboxylic acids is 2. The van der Waals surface area contributed by atoms with Gasteiger partial charge in [0.05, 0.1) is 5.56 Å². The van der Waals surface area contributed by atoms with E-state index in [1.807, 2.05) is 24.3 Å². The Bertz CT molecular complexity index is 959. The van der Waals surface area contributed by atoms with Crippen LogP contribution in [0.5, 0.6) is 5.75 Å². The summed E-state index contributed by atoms with van der Waals surface area (Å²) in [6, 6.07) is 7.67. The molecule has 4 N–H and O–H groups in total. The van der Waals surface area contributed by atoms with Crippen LogP contribution in [0.15, 0.2) is 24.3 Å². The summed E-state index contributed by atoms with van der Waals surface area (Å²) in [5, 5.41) is 6.27. The maximum atomic E-state index is 12.2. The SMILES string of the molecule is CC(C)(C)c1ccc(OCC(=O)NC(=S)Nc2sc3c(c2C(N)=O)CCCC3)cc1. The van der Waals surface area contributed by atoms with Crippen LogP contribution in [0, 0.1) is 0 Å². The first-order valence-electron chi connectivity index (χ1n) is 9.93. The highest BCUT2D eigenvalue weighted by Gasteiger charge is 2.24. The van der Waals surface area contributed by atoms with Gasteiger partial charge in [0.25, 0.3) is 11.8 Å². The third-order valence-electron chi connectivity index (χ3n) is 4.99. The number of nitrogens with one attached hydrogen (secondary N) is 2. The molecule has 3 rings (SSSR count). The molecular weight excluding hydrogens is 418 g/mol. The minimum Gasteiger partial charge on any atom is -0.484 e. The smallest absolute Gasteiger partial charge is 0.264 e. The lowest BCUT2D eigenvalue weighted by Crippen LogP contribution is -2.37. The van der Waals surface area contributed by atoms with Crippen molar-refractivity contribution in [3.05, 3.63) is 45.8 Å². The average Bonchev–Trinajstić information content (AvgIpc) is 3.03. The molecule has 8 heteroatoms. The van der Waals surface area contributed by atoms with Gasteiger partial charge in [-0.05, 0) is 66.6 Å². The molecule has 2 amide bonds. The summed E-state index contributed by atoms with van der Waals surface area (Å²) in [4.78, 5) is 25.3. The summed E-state index contributed by atoms with van der Waals surface area (Å²) in [5.41, 5.74) is 8.33. The molecule has 0 spiro atoms. The maximum absolute atomic E-state index is 12.2. The van der Waals surface area contributed by atoms with Crippen molar-refractivity contribution < 1.29 is 14.3 Å². The minimum atomic E-state index is -0.479. The zero-order valence-corrected chi connectivity index (χ0v) is 19.1. The van der Waals surface area contributed by atoms with Crippen LogP contribution in [0.1, 0.15) is 60.0 Å². The number of anilines is 1. The summed E-state index contributed by atoms with van der Waals surface area (Å²) < 4.78 is 5.54. The topological polar surface area (TPSA) is 93.4 Å². The molecule has 1 aromatic heterocycles. The molecule has 0 atom stereocenters. The molecule has 0 unspecified atom stereocenters. The first-order chi connectivity index (χ1) is 14.1. The number of carbonyl (C=O) groups is 2. The van der Waals surface area contributed by atoms with Crippen LogP contribution in [-0.2, 0) is 23.1 Å². The van der Waals surface area contributed by atoms with Crippen LogP contribution in [-0.4, -0.2) is 23.5 Å². The standard InChI is InChI=1S/C22H27N3O3S2/c1-22(2,3)13-8-10-14(11-9-13)28-12-17(26)24-21(29)25-20-18(19(23)27)15-6-4-5-7-16(15)30-20/h8-11H,4-7,12H2,1-3H3,(H2,23,27)(H2,24,25,26,29). The zero-order chi connectivity index (χ0) is 21.9. The van der Waals surface area contributed by atoms with E-state index in [2.05, 4.69) is 31.4 Å². The Labute approximate surface area is 186 Å². The van der Waals surface area contributed by atoms with Gasteiger partial charge in [-0.15, -0.1) is 11.3 Å². The summed E-state index contributed by atoms with van der Waals surface area (Å²) in [5.74, 6) is -0.249. The number of nitrogens with two attached hydrogens (primary N) is 1. The van der Waals surface area contributed by atoms with Crippen molar-refractivity contribution >= 4 is 45.5 Å². The molecule has 1 aliphatic rings. The molecule has 1 heterocycles. The van der Waals surface area contributed by atoms with Crippen molar-refractivity contribution in [1.82, 2.24) is 5.32 Å². The summed E-state index contributed by atoms with van der Waals surface area (Å²) in [6.07, 6.45) is 3.91. The van der Waals surface area contributed by atoms with Crippen molar-refractivity contribution in [3.63, 3.8) is 0 Å². The highest BCUT2D eigenvalue weighted by atomic mass is 32.1. The average molecular weight is 446 g/mol. The maximum Gasteiger partial charge on any atom is 0.264 e. The Hall–Kier alpha value is -2.45. The fourth-order valence-electron chi connectivity index (χ4n) is 3.41. The lowest BCUT2D eigenvalue weighted by Gasteiger charge is -2.19. The summed E-state index contributed by atoms with van der Waals surface area (Å²) in [7, 11) is 0. The number of primary amides is 1. The normalized spacial score (nSPS) is 13.3. The van der Waals surface area contributed by atoms with Crippen molar-refractivity contribution in [3.8, 4) is 5.75 Å². The van der Waals surface area contributed by atoms with E-state index in [0.29, 0.717) is 16.3 Å². The van der Waals surface area contributed by atoms with Gasteiger partial charge >= 0.3 is 0 Å². The number of rotatable bonds is 5. The van der Waals surface area contributed by atoms with Gasteiger partial charge < -0.3 is 15.8 Å². The van der Waals surface area contributed by atoms with Gasteiger partial charge in [0.2, 0.25) is 0 Å². The summed E-state index contributed by atoms with van der Waals surface area (Å²) in [6.45, 7) is 6.24. The van der Waals surface area contributed by atoms with Crippen LogP contribution in [0.25, 0.3) is 0 Å². The van der Waals surface area contributed by atoms with E-state index in [9.17, 15) is 9.59 Å². The highest BCUT2D eigenvalue weighted by molar-refractivity contribution is 7.80. The first-order valence-corrected chi connectivity index (χ1v) is 11.2.